The van der Waals surface area contributed by atoms with Crippen molar-refractivity contribution < 1.29 is 0 Å². The standard InChI is InChI=1S/C34H33N7/c1-24-17-30(38-28-5-3-2-4-6-28)23-41(22-24)33-11-13-35-21-32(33)37-20-29-10-9-25-7-8-26(18-31(25)39-29)27-12-15-40-16-14-36-34(40)19-27/h2-16,18-19,21,24,30,37-38H,17,20,22-23H2,1H3. The SMILES string of the molecule is CC1CC(Nc2ccccc2)CN(c2ccncc2NCc2ccc3ccc(-c4ccn5ccnc5c4)cc3n2)C1. The third-order valence-corrected chi connectivity index (χ3v) is 7.88. The molecule has 41 heavy (non-hydrogen) atoms. The van der Waals surface area contributed by atoms with Gasteiger partial charge in [0, 0.05) is 55.0 Å². The predicted octanol–water partition coefficient (Wildman–Crippen LogP) is 6.88. The second kappa shape index (κ2) is 10.9. The molecule has 2 N–H and O–H groups in total. The smallest absolute Gasteiger partial charge is 0.137 e. The zero-order valence-electron chi connectivity index (χ0n) is 23.1. The number of aromatic nitrogens is 4. The van der Waals surface area contributed by atoms with Crippen LogP contribution >= 0.6 is 0 Å². The van der Waals surface area contributed by atoms with Gasteiger partial charge in [-0.1, -0.05) is 43.3 Å². The lowest BCUT2D eigenvalue weighted by atomic mass is 9.95. The number of hydrogen-bond donors (Lipinski definition) is 2. The van der Waals surface area contributed by atoms with E-state index in [9.17, 15) is 0 Å². The summed E-state index contributed by atoms with van der Waals surface area (Å²) < 4.78 is 2.02. The average molecular weight is 540 g/mol. The van der Waals surface area contributed by atoms with E-state index in [0.29, 0.717) is 18.5 Å². The van der Waals surface area contributed by atoms with Gasteiger partial charge < -0.3 is 19.9 Å². The first kappa shape index (κ1) is 25.1. The van der Waals surface area contributed by atoms with Gasteiger partial charge in [0.2, 0.25) is 0 Å². The van der Waals surface area contributed by atoms with Crippen molar-refractivity contribution in [1.82, 2.24) is 19.4 Å². The summed E-state index contributed by atoms with van der Waals surface area (Å²) in [4.78, 5) is 16.4. The summed E-state index contributed by atoms with van der Waals surface area (Å²) in [6.45, 7) is 4.92. The minimum atomic E-state index is 0.382. The maximum absolute atomic E-state index is 5.01. The molecule has 1 saturated heterocycles. The summed E-state index contributed by atoms with van der Waals surface area (Å²) in [6, 6.07) is 27.9. The summed E-state index contributed by atoms with van der Waals surface area (Å²) in [5.41, 5.74) is 8.56. The molecule has 7 nitrogen and oxygen atoms in total. The van der Waals surface area contributed by atoms with Gasteiger partial charge in [-0.3, -0.25) is 9.97 Å². The fourth-order valence-electron chi connectivity index (χ4n) is 5.93. The molecular weight excluding hydrogens is 506 g/mol. The minimum Gasteiger partial charge on any atom is -0.381 e. The van der Waals surface area contributed by atoms with Gasteiger partial charge in [-0.2, -0.15) is 0 Å². The summed E-state index contributed by atoms with van der Waals surface area (Å²) in [5.74, 6) is 0.580. The van der Waals surface area contributed by atoms with E-state index in [1.807, 2.05) is 35.4 Å². The van der Waals surface area contributed by atoms with Gasteiger partial charge in [0.15, 0.2) is 0 Å². The number of imidazole rings is 1. The molecule has 0 amide bonds. The highest BCUT2D eigenvalue weighted by Crippen LogP contribution is 2.31. The van der Waals surface area contributed by atoms with Crippen molar-refractivity contribution in [2.24, 2.45) is 5.92 Å². The van der Waals surface area contributed by atoms with Crippen LogP contribution in [-0.2, 0) is 6.54 Å². The molecule has 0 saturated carbocycles. The van der Waals surface area contributed by atoms with Crippen LogP contribution in [0.5, 0.6) is 0 Å². The highest BCUT2D eigenvalue weighted by molar-refractivity contribution is 5.85. The lowest BCUT2D eigenvalue weighted by molar-refractivity contribution is 0.417. The first-order valence-electron chi connectivity index (χ1n) is 14.3. The van der Waals surface area contributed by atoms with Crippen LogP contribution in [-0.4, -0.2) is 38.5 Å². The molecule has 1 fully saturated rings. The van der Waals surface area contributed by atoms with Crippen LogP contribution in [0.3, 0.4) is 0 Å². The van der Waals surface area contributed by atoms with E-state index in [1.54, 1.807) is 0 Å². The Labute approximate surface area is 239 Å². The molecule has 0 aliphatic carbocycles. The normalized spacial score (nSPS) is 17.1. The number of para-hydroxylation sites is 1. The zero-order valence-corrected chi connectivity index (χ0v) is 23.1. The molecule has 5 heterocycles. The number of nitrogens with zero attached hydrogens (tertiary/aromatic N) is 5. The van der Waals surface area contributed by atoms with E-state index < -0.39 is 0 Å². The molecule has 0 radical (unpaired) electrons. The van der Waals surface area contributed by atoms with Crippen molar-refractivity contribution >= 4 is 33.6 Å². The van der Waals surface area contributed by atoms with E-state index in [0.717, 1.165) is 58.6 Å². The van der Waals surface area contributed by atoms with Crippen LogP contribution in [0, 0.1) is 5.92 Å². The molecule has 204 valence electrons. The summed E-state index contributed by atoms with van der Waals surface area (Å²) in [7, 11) is 0. The van der Waals surface area contributed by atoms with Crippen LogP contribution in [0.15, 0.2) is 110 Å². The Balaban J connectivity index is 1.09. The van der Waals surface area contributed by atoms with Crippen molar-refractivity contribution in [3.63, 3.8) is 0 Å². The topological polar surface area (TPSA) is 70.4 Å². The number of rotatable bonds is 7. The number of hydrogen-bond acceptors (Lipinski definition) is 6. The Kier molecular flexibility index (Phi) is 6.69. The van der Waals surface area contributed by atoms with Gasteiger partial charge in [-0.25, -0.2) is 4.98 Å². The molecule has 6 aromatic rings. The van der Waals surface area contributed by atoms with Crippen molar-refractivity contribution in [3.8, 4) is 11.1 Å². The van der Waals surface area contributed by atoms with E-state index in [4.69, 9.17) is 4.98 Å². The molecule has 0 spiro atoms. The maximum atomic E-state index is 5.01. The monoisotopic (exact) mass is 539 g/mol. The first-order chi connectivity index (χ1) is 20.2. The van der Waals surface area contributed by atoms with Gasteiger partial charge in [-0.15, -0.1) is 0 Å². The Morgan fingerprint density at radius 1 is 0.878 bits per heavy atom. The quantitative estimate of drug-likeness (QED) is 0.230. The van der Waals surface area contributed by atoms with Gasteiger partial charge in [0.25, 0.3) is 0 Å². The Morgan fingerprint density at radius 2 is 1.76 bits per heavy atom. The second-order valence-electron chi connectivity index (χ2n) is 11.0. The van der Waals surface area contributed by atoms with Gasteiger partial charge in [0.1, 0.15) is 5.65 Å². The highest BCUT2D eigenvalue weighted by atomic mass is 15.2. The summed E-state index contributed by atoms with van der Waals surface area (Å²) in [6.07, 6.45) is 10.8. The molecule has 7 rings (SSSR count). The Hall–Kier alpha value is -4.91. The molecule has 2 unspecified atom stereocenters. The molecule has 1 aliphatic rings. The van der Waals surface area contributed by atoms with Crippen molar-refractivity contribution in [1.29, 1.82) is 0 Å². The molecule has 2 atom stereocenters. The maximum Gasteiger partial charge on any atom is 0.137 e. The van der Waals surface area contributed by atoms with Crippen LogP contribution in [0.25, 0.3) is 27.7 Å². The Bertz CT molecular complexity index is 1800. The molecule has 7 heteroatoms. The number of piperidine rings is 1. The number of benzene rings is 2. The molecule has 0 bridgehead atoms. The van der Waals surface area contributed by atoms with Gasteiger partial charge in [0.05, 0.1) is 35.3 Å². The molecular formula is C34H33N7. The van der Waals surface area contributed by atoms with Crippen LogP contribution in [0.2, 0.25) is 0 Å². The Morgan fingerprint density at radius 3 is 2.68 bits per heavy atom. The van der Waals surface area contributed by atoms with Gasteiger partial charge >= 0.3 is 0 Å². The van der Waals surface area contributed by atoms with E-state index in [1.165, 1.54) is 11.4 Å². The lowest BCUT2D eigenvalue weighted by Crippen LogP contribution is -2.46. The second-order valence-corrected chi connectivity index (χ2v) is 11.0. The largest absolute Gasteiger partial charge is 0.381 e. The van der Waals surface area contributed by atoms with Crippen molar-refractivity contribution in [3.05, 3.63) is 116 Å². The highest BCUT2D eigenvalue weighted by Gasteiger charge is 2.26. The number of fused-ring (bicyclic) bond motifs is 2. The number of nitrogens with one attached hydrogen (secondary N) is 2. The third-order valence-electron chi connectivity index (χ3n) is 7.88. The fraction of sp³-hybridized carbons (Fsp3) is 0.206. The van der Waals surface area contributed by atoms with Crippen LogP contribution in [0.4, 0.5) is 17.1 Å². The minimum absolute atomic E-state index is 0.382. The van der Waals surface area contributed by atoms with Crippen LogP contribution in [0.1, 0.15) is 19.0 Å². The zero-order chi connectivity index (χ0) is 27.6. The molecule has 2 aromatic carbocycles. The lowest BCUT2D eigenvalue weighted by Gasteiger charge is -2.39. The predicted molar refractivity (Wildman–Crippen MR) is 167 cm³/mol. The van der Waals surface area contributed by atoms with E-state index in [2.05, 4.69) is 111 Å². The average Bonchev–Trinajstić information content (AvgIpc) is 3.48. The van der Waals surface area contributed by atoms with Gasteiger partial charge in [-0.05, 0) is 65.9 Å². The third kappa shape index (κ3) is 5.43. The molecule has 4 aromatic heterocycles. The number of anilines is 3. The van der Waals surface area contributed by atoms with E-state index >= 15 is 0 Å². The summed E-state index contributed by atoms with van der Waals surface area (Å²) >= 11 is 0. The first-order valence-corrected chi connectivity index (χ1v) is 14.3. The van der Waals surface area contributed by atoms with Crippen LogP contribution < -0.4 is 15.5 Å². The van der Waals surface area contributed by atoms with Crippen molar-refractivity contribution in [2.75, 3.05) is 28.6 Å². The molecule has 1 aliphatic heterocycles. The fourth-order valence-corrected chi connectivity index (χ4v) is 5.93. The van der Waals surface area contributed by atoms with Crippen molar-refractivity contribution in [2.45, 2.75) is 25.9 Å². The number of pyridine rings is 3. The summed E-state index contributed by atoms with van der Waals surface area (Å²) in [5, 5.41) is 8.50. The van der Waals surface area contributed by atoms with E-state index in [-0.39, 0.29) is 0 Å².